The standard InChI is InChI=1S/C15H18N2O2S/c1-11-6-3-4-7-13(11)19-9-5-8-14(18)17-15-16-10-12(2)20-15/h3-4,6-7,10H,5,8-9H2,1-2H3,(H,16,17,18). The van der Waals surface area contributed by atoms with Gasteiger partial charge in [0.05, 0.1) is 6.61 Å². The molecule has 0 unspecified atom stereocenters. The van der Waals surface area contributed by atoms with Crippen molar-refractivity contribution in [3.05, 3.63) is 40.9 Å². The summed E-state index contributed by atoms with van der Waals surface area (Å²) < 4.78 is 5.65. The molecule has 1 aromatic heterocycles. The average molecular weight is 290 g/mol. The highest BCUT2D eigenvalue weighted by Crippen LogP contribution is 2.18. The van der Waals surface area contributed by atoms with Gasteiger partial charge in [-0.2, -0.15) is 0 Å². The average Bonchev–Trinajstić information content (AvgIpc) is 2.82. The molecule has 1 amide bonds. The highest BCUT2D eigenvalue weighted by atomic mass is 32.1. The molecule has 106 valence electrons. The Morgan fingerprint density at radius 2 is 2.15 bits per heavy atom. The van der Waals surface area contributed by atoms with E-state index < -0.39 is 0 Å². The molecule has 0 atom stereocenters. The summed E-state index contributed by atoms with van der Waals surface area (Å²) in [6, 6.07) is 7.87. The predicted molar refractivity (Wildman–Crippen MR) is 81.4 cm³/mol. The number of nitrogens with one attached hydrogen (secondary N) is 1. The molecular formula is C15H18N2O2S. The molecule has 0 bridgehead atoms. The molecule has 0 aliphatic rings. The quantitative estimate of drug-likeness (QED) is 0.828. The molecule has 0 aliphatic carbocycles. The van der Waals surface area contributed by atoms with Crippen LogP contribution in [-0.4, -0.2) is 17.5 Å². The SMILES string of the molecule is Cc1cnc(NC(=O)CCCOc2ccccc2C)s1. The number of para-hydroxylation sites is 1. The van der Waals surface area contributed by atoms with Gasteiger partial charge in [-0.15, -0.1) is 11.3 Å². The van der Waals surface area contributed by atoms with Gasteiger partial charge in [-0.3, -0.25) is 4.79 Å². The molecular weight excluding hydrogens is 272 g/mol. The zero-order valence-electron chi connectivity index (χ0n) is 11.7. The van der Waals surface area contributed by atoms with E-state index in [9.17, 15) is 4.79 Å². The first-order valence-corrected chi connectivity index (χ1v) is 7.37. The maximum absolute atomic E-state index is 11.7. The Kier molecular flexibility index (Phi) is 5.12. The molecule has 0 spiro atoms. The molecule has 5 heteroatoms. The number of aromatic nitrogens is 1. The van der Waals surface area contributed by atoms with Crippen molar-refractivity contribution in [3.8, 4) is 5.75 Å². The van der Waals surface area contributed by atoms with E-state index in [1.807, 2.05) is 38.1 Å². The molecule has 20 heavy (non-hydrogen) atoms. The third-order valence-corrected chi connectivity index (χ3v) is 3.60. The summed E-state index contributed by atoms with van der Waals surface area (Å²) in [7, 11) is 0. The van der Waals surface area contributed by atoms with Gasteiger partial charge in [-0.05, 0) is 31.9 Å². The molecule has 0 aliphatic heterocycles. The molecule has 4 nitrogen and oxygen atoms in total. The van der Waals surface area contributed by atoms with Crippen LogP contribution in [0.25, 0.3) is 0 Å². The summed E-state index contributed by atoms with van der Waals surface area (Å²) in [4.78, 5) is 16.9. The van der Waals surface area contributed by atoms with Crippen molar-refractivity contribution in [2.24, 2.45) is 0 Å². The fourth-order valence-electron chi connectivity index (χ4n) is 1.73. The number of amides is 1. The fraction of sp³-hybridized carbons (Fsp3) is 0.333. The maximum atomic E-state index is 11.7. The van der Waals surface area contributed by atoms with Crippen molar-refractivity contribution < 1.29 is 9.53 Å². The number of benzene rings is 1. The highest BCUT2D eigenvalue weighted by molar-refractivity contribution is 7.15. The smallest absolute Gasteiger partial charge is 0.226 e. The van der Waals surface area contributed by atoms with Crippen LogP contribution in [0, 0.1) is 13.8 Å². The van der Waals surface area contributed by atoms with Crippen LogP contribution in [0.4, 0.5) is 5.13 Å². The van der Waals surface area contributed by atoms with E-state index in [1.54, 1.807) is 6.20 Å². The Labute approximate surface area is 122 Å². The summed E-state index contributed by atoms with van der Waals surface area (Å²) >= 11 is 1.48. The molecule has 1 N–H and O–H groups in total. The Bertz CT molecular complexity index is 581. The van der Waals surface area contributed by atoms with Crippen LogP contribution in [0.1, 0.15) is 23.3 Å². The number of anilines is 1. The molecule has 0 saturated heterocycles. The summed E-state index contributed by atoms with van der Waals surface area (Å²) in [6.07, 6.45) is 2.87. The van der Waals surface area contributed by atoms with Gasteiger partial charge >= 0.3 is 0 Å². The highest BCUT2D eigenvalue weighted by Gasteiger charge is 2.05. The number of thiazole rings is 1. The summed E-state index contributed by atoms with van der Waals surface area (Å²) in [5.74, 6) is 0.858. The molecule has 1 aromatic carbocycles. The van der Waals surface area contributed by atoms with Crippen molar-refractivity contribution in [3.63, 3.8) is 0 Å². The van der Waals surface area contributed by atoms with Crippen LogP contribution < -0.4 is 10.1 Å². The van der Waals surface area contributed by atoms with Crippen molar-refractivity contribution >= 4 is 22.4 Å². The first-order valence-electron chi connectivity index (χ1n) is 6.56. The molecule has 0 radical (unpaired) electrons. The lowest BCUT2D eigenvalue weighted by Crippen LogP contribution is -2.12. The van der Waals surface area contributed by atoms with Gasteiger partial charge in [-0.25, -0.2) is 4.98 Å². The van der Waals surface area contributed by atoms with E-state index in [2.05, 4.69) is 10.3 Å². The van der Waals surface area contributed by atoms with Crippen molar-refractivity contribution in [1.29, 1.82) is 0 Å². The van der Waals surface area contributed by atoms with Crippen LogP contribution in [0.15, 0.2) is 30.5 Å². The minimum Gasteiger partial charge on any atom is -0.493 e. The van der Waals surface area contributed by atoms with Crippen LogP contribution in [0.3, 0.4) is 0 Å². The number of ether oxygens (including phenoxy) is 1. The predicted octanol–water partition coefficient (Wildman–Crippen LogP) is 3.56. The van der Waals surface area contributed by atoms with Crippen LogP contribution >= 0.6 is 11.3 Å². The first kappa shape index (κ1) is 14.5. The first-order chi connectivity index (χ1) is 9.65. The largest absolute Gasteiger partial charge is 0.493 e. The van der Waals surface area contributed by atoms with E-state index in [0.29, 0.717) is 24.6 Å². The van der Waals surface area contributed by atoms with Gasteiger partial charge in [0.2, 0.25) is 5.91 Å². The van der Waals surface area contributed by atoms with Gasteiger partial charge in [0.1, 0.15) is 5.75 Å². The molecule has 2 rings (SSSR count). The second kappa shape index (κ2) is 7.05. The lowest BCUT2D eigenvalue weighted by molar-refractivity contribution is -0.116. The lowest BCUT2D eigenvalue weighted by Gasteiger charge is -2.08. The number of hydrogen-bond donors (Lipinski definition) is 1. The molecule has 1 heterocycles. The second-order valence-corrected chi connectivity index (χ2v) is 5.78. The summed E-state index contributed by atoms with van der Waals surface area (Å²) in [5.41, 5.74) is 1.11. The Hall–Kier alpha value is -1.88. The number of carbonyl (C=O) groups is 1. The van der Waals surface area contributed by atoms with Crippen molar-refractivity contribution in [2.75, 3.05) is 11.9 Å². The van der Waals surface area contributed by atoms with E-state index in [0.717, 1.165) is 16.2 Å². The van der Waals surface area contributed by atoms with E-state index >= 15 is 0 Å². The topological polar surface area (TPSA) is 51.2 Å². The van der Waals surface area contributed by atoms with Crippen LogP contribution in [0.2, 0.25) is 0 Å². The van der Waals surface area contributed by atoms with Crippen molar-refractivity contribution in [1.82, 2.24) is 4.98 Å². The monoisotopic (exact) mass is 290 g/mol. The molecule has 2 aromatic rings. The maximum Gasteiger partial charge on any atom is 0.226 e. The number of aryl methyl sites for hydroxylation is 2. The van der Waals surface area contributed by atoms with Crippen LogP contribution in [0.5, 0.6) is 5.75 Å². The van der Waals surface area contributed by atoms with Crippen LogP contribution in [-0.2, 0) is 4.79 Å². The van der Waals surface area contributed by atoms with Gasteiger partial charge in [0.15, 0.2) is 5.13 Å². The third-order valence-electron chi connectivity index (χ3n) is 2.77. The number of nitrogens with zero attached hydrogens (tertiary/aromatic N) is 1. The summed E-state index contributed by atoms with van der Waals surface area (Å²) in [5, 5.41) is 3.45. The van der Waals surface area contributed by atoms with E-state index in [1.165, 1.54) is 11.3 Å². The van der Waals surface area contributed by atoms with Gasteiger partial charge in [0, 0.05) is 17.5 Å². The van der Waals surface area contributed by atoms with Gasteiger partial charge in [0.25, 0.3) is 0 Å². The van der Waals surface area contributed by atoms with E-state index in [4.69, 9.17) is 4.74 Å². The Balaban J connectivity index is 1.68. The minimum absolute atomic E-state index is 0.0206. The second-order valence-electron chi connectivity index (χ2n) is 4.54. The number of carbonyl (C=O) groups excluding carboxylic acids is 1. The van der Waals surface area contributed by atoms with Crippen molar-refractivity contribution in [2.45, 2.75) is 26.7 Å². The fourth-order valence-corrected chi connectivity index (χ4v) is 2.41. The Morgan fingerprint density at radius 1 is 1.35 bits per heavy atom. The number of rotatable bonds is 6. The number of hydrogen-bond acceptors (Lipinski definition) is 4. The third kappa shape index (κ3) is 4.35. The molecule has 0 fully saturated rings. The lowest BCUT2D eigenvalue weighted by atomic mass is 10.2. The zero-order valence-corrected chi connectivity index (χ0v) is 12.5. The molecule has 0 saturated carbocycles. The van der Waals surface area contributed by atoms with Gasteiger partial charge in [-0.1, -0.05) is 18.2 Å². The Morgan fingerprint density at radius 3 is 2.85 bits per heavy atom. The minimum atomic E-state index is -0.0206. The zero-order chi connectivity index (χ0) is 14.4. The normalized spacial score (nSPS) is 10.3. The summed E-state index contributed by atoms with van der Waals surface area (Å²) in [6.45, 7) is 4.51. The van der Waals surface area contributed by atoms with E-state index in [-0.39, 0.29) is 5.91 Å². The van der Waals surface area contributed by atoms with Gasteiger partial charge < -0.3 is 10.1 Å².